The quantitative estimate of drug-likeness (QED) is 0.699. The summed E-state index contributed by atoms with van der Waals surface area (Å²) < 4.78 is 15.1. The average Bonchev–Trinajstić information content (AvgIpc) is 2.17. The van der Waals surface area contributed by atoms with Crippen molar-refractivity contribution >= 4 is 38.4 Å². The van der Waals surface area contributed by atoms with E-state index in [0.29, 0.717) is 4.47 Å². The van der Waals surface area contributed by atoms with Crippen LogP contribution >= 0.6 is 27.5 Å². The monoisotopic (exact) mass is 290 g/mol. The summed E-state index contributed by atoms with van der Waals surface area (Å²) in [5.41, 5.74) is -0.378. The zero-order chi connectivity index (χ0) is 11.2. The molecule has 0 atom stereocenters. The van der Waals surface area contributed by atoms with Crippen LogP contribution in [0.1, 0.15) is 0 Å². The van der Waals surface area contributed by atoms with Crippen LogP contribution in [0.4, 0.5) is 4.39 Å². The van der Waals surface area contributed by atoms with Gasteiger partial charge in [0.2, 0.25) is 5.28 Å². The number of nitrogens with zero attached hydrogens (tertiary/aromatic N) is 2. The Morgan fingerprint density at radius 3 is 2.87 bits per heavy atom. The van der Waals surface area contributed by atoms with Crippen LogP contribution in [0.2, 0.25) is 5.28 Å². The Morgan fingerprint density at radius 2 is 2.20 bits per heavy atom. The minimum atomic E-state index is -0.570. The van der Waals surface area contributed by atoms with Gasteiger partial charge >= 0.3 is 0 Å². The highest BCUT2D eigenvalue weighted by Gasteiger charge is 2.11. The number of benzene rings is 1. The summed E-state index contributed by atoms with van der Waals surface area (Å²) in [5.74, 6) is -0.570. The lowest BCUT2D eigenvalue weighted by molar-refractivity contribution is 0.634. The first kappa shape index (κ1) is 10.6. The van der Waals surface area contributed by atoms with Crippen LogP contribution in [0.5, 0.6) is 0 Å². The van der Waals surface area contributed by atoms with Crippen molar-refractivity contribution in [2.75, 3.05) is 0 Å². The summed E-state index contributed by atoms with van der Waals surface area (Å²) >= 11 is 8.79. The summed E-state index contributed by atoms with van der Waals surface area (Å²) in [6, 6.07) is 2.76. The van der Waals surface area contributed by atoms with Crippen molar-refractivity contribution in [2.45, 2.75) is 0 Å². The molecule has 1 heterocycles. The van der Waals surface area contributed by atoms with E-state index >= 15 is 0 Å². The summed E-state index contributed by atoms with van der Waals surface area (Å²) in [4.78, 5) is 15.5. The largest absolute Gasteiger partial charge is 0.286 e. The highest BCUT2D eigenvalue weighted by atomic mass is 79.9. The molecule has 2 rings (SSSR count). The standard InChI is InChI=1S/C9H5BrClFN2O/c1-14-8(15)5-2-4(10)3-6(12)7(5)13-9(14)11/h2-3H,1H3. The number of hydrogen-bond acceptors (Lipinski definition) is 2. The van der Waals surface area contributed by atoms with E-state index in [4.69, 9.17) is 11.6 Å². The van der Waals surface area contributed by atoms with Crippen LogP contribution in [-0.4, -0.2) is 9.55 Å². The van der Waals surface area contributed by atoms with Gasteiger partial charge in [0.05, 0.1) is 5.39 Å². The maximum absolute atomic E-state index is 13.4. The van der Waals surface area contributed by atoms with Crippen LogP contribution in [0, 0.1) is 5.82 Å². The van der Waals surface area contributed by atoms with Crippen molar-refractivity contribution < 1.29 is 4.39 Å². The zero-order valence-electron chi connectivity index (χ0n) is 7.59. The molecule has 1 aromatic heterocycles. The first-order valence-electron chi connectivity index (χ1n) is 4.02. The lowest BCUT2D eigenvalue weighted by atomic mass is 10.2. The Morgan fingerprint density at radius 1 is 1.53 bits per heavy atom. The van der Waals surface area contributed by atoms with Crippen molar-refractivity contribution in [1.82, 2.24) is 9.55 Å². The Labute approximate surface area is 97.6 Å². The average molecular weight is 292 g/mol. The van der Waals surface area contributed by atoms with Gasteiger partial charge in [0.25, 0.3) is 5.56 Å². The van der Waals surface area contributed by atoms with Gasteiger partial charge in [-0.05, 0) is 23.7 Å². The van der Waals surface area contributed by atoms with E-state index < -0.39 is 5.82 Å². The Bertz CT molecular complexity index is 611. The molecule has 0 aliphatic rings. The van der Waals surface area contributed by atoms with Gasteiger partial charge in [-0.2, -0.15) is 0 Å². The van der Waals surface area contributed by atoms with E-state index in [9.17, 15) is 9.18 Å². The second kappa shape index (κ2) is 3.57. The summed E-state index contributed by atoms with van der Waals surface area (Å²) in [6.07, 6.45) is 0. The van der Waals surface area contributed by atoms with Gasteiger partial charge in [-0.1, -0.05) is 15.9 Å². The molecule has 0 spiro atoms. The van der Waals surface area contributed by atoms with Crippen molar-refractivity contribution in [1.29, 1.82) is 0 Å². The van der Waals surface area contributed by atoms with Gasteiger partial charge in [-0.25, -0.2) is 9.37 Å². The molecule has 0 aliphatic carbocycles. The minimum absolute atomic E-state index is 0.00806. The molecule has 0 amide bonds. The molecular formula is C9H5BrClFN2O. The van der Waals surface area contributed by atoms with Gasteiger partial charge in [-0.3, -0.25) is 9.36 Å². The lowest BCUT2D eigenvalue weighted by Gasteiger charge is -2.04. The van der Waals surface area contributed by atoms with E-state index in [0.717, 1.165) is 4.57 Å². The molecule has 15 heavy (non-hydrogen) atoms. The first-order valence-corrected chi connectivity index (χ1v) is 5.19. The highest BCUT2D eigenvalue weighted by Crippen LogP contribution is 2.20. The fourth-order valence-corrected chi connectivity index (χ4v) is 1.87. The molecule has 0 saturated carbocycles. The molecule has 0 N–H and O–H groups in total. The third-order valence-corrected chi connectivity index (χ3v) is 2.84. The molecule has 6 heteroatoms. The van der Waals surface area contributed by atoms with Gasteiger partial charge in [-0.15, -0.1) is 0 Å². The van der Waals surface area contributed by atoms with Gasteiger partial charge in [0.1, 0.15) is 5.52 Å². The maximum Gasteiger partial charge on any atom is 0.262 e. The van der Waals surface area contributed by atoms with Crippen LogP contribution in [0.25, 0.3) is 10.9 Å². The van der Waals surface area contributed by atoms with E-state index in [1.54, 1.807) is 0 Å². The number of hydrogen-bond donors (Lipinski definition) is 0. The molecular weight excluding hydrogens is 286 g/mol. The topological polar surface area (TPSA) is 34.9 Å². The lowest BCUT2D eigenvalue weighted by Crippen LogP contribution is -2.19. The van der Waals surface area contributed by atoms with E-state index in [1.807, 2.05) is 0 Å². The first-order chi connectivity index (χ1) is 7.00. The number of halogens is 3. The summed E-state index contributed by atoms with van der Waals surface area (Å²) in [5, 5.41) is 0.169. The molecule has 0 bridgehead atoms. The number of fused-ring (bicyclic) bond motifs is 1. The van der Waals surface area contributed by atoms with Gasteiger partial charge in [0.15, 0.2) is 5.82 Å². The summed E-state index contributed by atoms with van der Waals surface area (Å²) in [7, 11) is 1.48. The zero-order valence-corrected chi connectivity index (χ0v) is 9.93. The van der Waals surface area contributed by atoms with Gasteiger partial charge < -0.3 is 0 Å². The van der Waals surface area contributed by atoms with Crippen molar-refractivity contribution in [3.63, 3.8) is 0 Å². The van der Waals surface area contributed by atoms with E-state index in [1.165, 1.54) is 19.2 Å². The smallest absolute Gasteiger partial charge is 0.262 e. The Balaban J connectivity index is 3.06. The molecule has 0 unspecified atom stereocenters. The Hall–Kier alpha value is -0.940. The van der Waals surface area contributed by atoms with Gasteiger partial charge in [0, 0.05) is 11.5 Å². The Kier molecular flexibility index (Phi) is 2.52. The van der Waals surface area contributed by atoms with Crippen molar-refractivity contribution in [3.8, 4) is 0 Å². The fraction of sp³-hybridized carbons (Fsp3) is 0.111. The number of rotatable bonds is 0. The molecule has 2 aromatic rings. The normalized spacial score (nSPS) is 10.9. The van der Waals surface area contributed by atoms with Crippen molar-refractivity contribution in [3.05, 3.63) is 38.1 Å². The highest BCUT2D eigenvalue weighted by molar-refractivity contribution is 9.10. The predicted molar refractivity (Wildman–Crippen MR) is 59.7 cm³/mol. The van der Waals surface area contributed by atoms with Crippen LogP contribution in [-0.2, 0) is 7.05 Å². The predicted octanol–water partition coefficient (Wildman–Crippen LogP) is 2.49. The maximum atomic E-state index is 13.4. The van der Waals surface area contributed by atoms with Crippen LogP contribution < -0.4 is 5.56 Å². The molecule has 0 aliphatic heterocycles. The molecule has 0 saturated heterocycles. The second-order valence-electron chi connectivity index (χ2n) is 3.03. The molecule has 1 aromatic carbocycles. The summed E-state index contributed by atoms with van der Waals surface area (Å²) in [6.45, 7) is 0. The van der Waals surface area contributed by atoms with E-state index in [-0.39, 0.29) is 21.7 Å². The second-order valence-corrected chi connectivity index (χ2v) is 4.28. The molecule has 3 nitrogen and oxygen atoms in total. The fourth-order valence-electron chi connectivity index (χ4n) is 1.27. The third kappa shape index (κ3) is 1.66. The van der Waals surface area contributed by atoms with E-state index in [2.05, 4.69) is 20.9 Å². The molecule has 0 radical (unpaired) electrons. The number of aromatic nitrogens is 2. The SMILES string of the molecule is Cn1c(Cl)nc2c(F)cc(Br)cc2c1=O. The van der Waals surface area contributed by atoms with Crippen molar-refractivity contribution in [2.24, 2.45) is 7.05 Å². The molecule has 78 valence electrons. The molecule has 0 fully saturated rings. The van der Waals surface area contributed by atoms with Crippen LogP contribution in [0.3, 0.4) is 0 Å². The van der Waals surface area contributed by atoms with Crippen LogP contribution in [0.15, 0.2) is 21.4 Å². The minimum Gasteiger partial charge on any atom is -0.286 e. The third-order valence-electron chi connectivity index (χ3n) is 2.04.